The van der Waals surface area contributed by atoms with E-state index in [1.807, 2.05) is 24.3 Å². The van der Waals surface area contributed by atoms with E-state index in [2.05, 4.69) is 15.2 Å². The Morgan fingerprint density at radius 2 is 2.06 bits per heavy atom. The summed E-state index contributed by atoms with van der Waals surface area (Å²) in [4.78, 5) is 14.6. The molecule has 1 N–H and O–H groups in total. The summed E-state index contributed by atoms with van der Waals surface area (Å²) in [5, 5.41) is 16.6. The molecule has 0 fully saturated rings. The van der Waals surface area contributed by atoms with Gasteiger partial charge < -0.3 is 5.11 Å². The van der Waals surface area contributed by atoms with Crippen LogP contribution in [-0.4, -0.2) is 30.7 Å². The zero-order chi connectivity index (χ0) is 11.1. The Bertz CT molecular complexity index is 704. The summed E-state index contributed by atoms with van der Waals surface area (Å²) in [6.45, 7) is 0. The van der Waals surface area contributed by atoms with Crippen LogP contribution < -0.4 is 0 Å². The molecule has 0 radical (unpaired) electrons. The van der Waals surface area contributed by atoms with Gasteiger partial charge in [-0.2, -0.15) is 0 Å². The number of para-hydroxylation sites is 1. The van der Waals surface area contributed by atoms with Crippen LogP contribution in [0.15, 0.2) is 30.5 Å². The highest BCUT2D eigenvalue weighted by Crippen LogP contribution is 2.12. The first-order valence-electron chi connectivity index (χ1n) is 4.59. The second-order valence-corrected chi connectivity index (χ2v) is 3.29. The maximum atomic E-state index is 10.8. The van der Waals surface area contributed by atoms with Gasteiger partial charge in [-0.15, -0.1) is 10.2 Å². The lowest BCUT2D eigenvalue weighted by Crippen LogP contribution is -1.95. The third-order valence-electron chi connectivity index (χ3n) is 2.29. The van der Waals surface area contributed by atoms with Gasteiger partial charge in [0.15, 0.2) is 5.69 Å². The fraction of sp³-hybridized carbons (Fsp3) is 0. The number of rotatable bonds is 1. The number of carboxylic acids is 1. The average Bonchev–Trinajstić information content (AvgIpc) is 2.73. The highest BCUT2D eigenvalue weighted by atomic mass is 16.4. The smallest absolute Gasteiger partial charge is 0.356 e. The van der Waals surface area contributed by atoms with Crippen LogP contribution in [0.3, 0.4) is 0 Å². The number of aromatic nitrogens is 4. The third kappa shape index (κ3) is 1.13. The Morgan fingerprint density at radius 3 is 2.88 bits per heavy atom. The third-order valence-corrected chi connectivity index (χ3v) is 2.29. The van der Waals surface area contributed by atoms with Crippen LogP contribution in [0.2, 0.25) is 0 Å². The molecule has 0 atom stereocenters. The van der Waals surface area contributed by atoms with Crippen LogP contribution in [-0.2, 0) is 0 Å². The minimum Gasteiger partial charge on any atom is -0.476 e. The van der Waals surface area contributed by atoms with E-state index >= 15 is 0 Å². The van der Waals surface area contributed by atoms with Crippen molar-refractivity contribution in [2.45, 2.75) is 0 Å². The predicted molar refractivity (Wildman–Crippen MR) is 55.2 cm³/mol. The highest BCUT2D eigenvalue weighted by Gasteiger charge is 2.11. The first-order chi connectivity index (χ1) is 7.75. The molecule has 3 rings (SSSR count). The number of carboxylic acid groups (broad SMARTS) is 1. The number of carbonyl (C=O) groups is 1. The van der Waals surface area contributed by atoms with Crippen LogP contribution in [0, 0.1) is 0 Å². The SMILES string of the molecule is O=C(O)c1cn2c(nnc3ccccc32)n1. The van der Waals surface area contributed by atoms with E-state index in [9.17, 15) is 4.79 Å². The van der Waals surface area contributed by atoms with Crippen molar-refractivity contribution in [2.24, 2.45) is 0 Å². The monoisotopic (exact) mass is 214 g/mol. The Hall–Kier alpha value is -2.50. The van der Waals surface area contributed by atoms with E-state index in [1.165, 1.54) is 6.20 Å². The normalized spacial score (nSPS) is 11.0. The summed E-state index contributed by atoms with van der Waals surface area (Å²) in [6.07, 6.45) is 1.44. The van der Waals surface area contributed by atoms with Crippen LogP contribution in [0.1, 0.15) is 10.5 Å². The fourth-order valence-corrected chi connectivity index (χ4v) is 1.57. The van der Waals surface area contributed by atoms with Crippen molar-refractivity contribution in [3.8, 4) is 0 Å². The molecule has 0 saturated carbocycles. The summed E-state index contributed by atoms with van der Waals surface area (Å²) in [5.74, 6) is -0.786. The standard InChI is InChI=1S/C10H6N4O2/c15-9(16)7-5-14-8-4-2-1-3-6(8)12-13-10(14)11-7/h1-5H,(H,15,16). The van der Waals surface area contributed by atoms with Crippen molar-refractivity contribution < 1.29 is 9.90 Å². The van der Waals surface area contributed by atoms with E-state index in [4.69, 9.17) is 5.11 Å². The molecule has 0 saturated heterocycles. The zero-order valence-electron chi connectivity index (χ0n) is 8.03. The molecule has 78 valence electrons. The number of hydrogen-bond donors (Lipinski definition) is 1. The molecule has 0 bridgehead atoms. The molecule has 6 heteroatoms. The number of nitrogens with zero attached hydrogens (tertiary/aromatic N) is 4. The lowest BCUT2D eigenvalue weighted by molar-refractivity contribution is 0.0691. The molecule has 0 spiro atoms. The van der Waals surface area contributed by atoms with Crippen LogP contribution in [0.25, 0.3) is 16.8 Å². The number of imidazole rings is 1. The fourth-order valence-electron chi connectivity index (χ4n) is 1.57. The van der Waals surface area contributed by atoms with Crippen LogP contribution in [0.5, 0.6) is 0 Å². The van der Waals surface area contributed by atoms with Gasteiger partial charge in [0.25, 0.3) is 5.78 Å². The second-order valence-electron chi connectivity index (χ2n) is 3.29. The van der Waals surface area contributed by atoms with E-state index in [-0.39, 0.29) is 11.5 Å². The van der Waals surface area contributed by atoms with Gasteiger partial charge in [-0.05, 0) is 12.1 Å². The minimum absolute atomic E-state index is 0.0364. The van der Waals surface area contributed by atoms with Crippen LogP contribution >= 0.6 is 0 Å². The van der Waals surface area contributed by atoms with Crippen LogP contribution in [0.4, 0.5) is 0 Å². The summed E-state index contributed by atoms with van der Waals surface area (Å²) in [6, 6.07) is 7.34. The van der Waals surface area contributed by atoms with Gasteiger partial charge in [0.2, 0.25) is 0 Å². The van der Waals surface area contributed by atoms with Crippen molar-refractivity contribution in [1.29, 1.82) is 0 Å². The molecule has 0 amide bonds. The van der Waals surface area contributed by atoms with Gasteiger partial charge in [0.05, 0.1) is 5.52 Å². The average molecular weight is 214 g/mol. The first kappa shape index (κ1) is 8.78. The van der Waals surface area contributed by atoms with Gasteiger partial charge in [-0.25, -0.2) is 9.78 Å². The van der Waals surface area contributed by atoms with E-state index in [0.29, 0.717) is 5.52 Å². The largest absolute Gasteiger partial charge is 0.476 e. The lowest BCUT2D eigenvalue weighted by atomic mass is 10.3. The van der Waals surface area contributed by atoms with Crippen molar-refractivity contribution in [3.63, 3.8) is 0 Å². The Kier molecular flexibility index (Phi) is 1.64. The molecule has 0 aliphatic rings. The second kappa shape index (κ2) is 2.99. The Labute approximate surface area is 89.2 Å². The van der Waals surface area contributed by atoms with Crippen molar-refractivity contribution >= 4 is 22.8 Å². The Balaban J connectivity index is 2.46. The highest BCUT2D eigenvalue weighted by molar-refractivity contribution is 5.87. The molecule has 1 aromatic carbocycles. The molecular formula is C10H6N4O2. The van der Waals surface area contributed by atoms with Crippen molar-refractivity contribution in [3.05, 3.63) is 36.2 Å². The Morgan fingerprint density at radius 1 is 1.25 bits per heavy atom. The minimum atomic E-state index is -1.07. The summed E-state index contributed by atoms with van der Waals surface area (Å²) >= 11 is 0. The summed E-state index contributed by atoms with van der Waals surface area (Å²) < 4.78 is 1.62. The quantitative estimate of drug-likeness (QED) is 0.653. The predicted octanol–water partition coefficient (Wildman–Crippen LogP) is 0.976. The number of aromatic carboxylic acids is 1. The molecule has 0 aliphatic heterocycles. The lowest BCUT2D eigenvalue weighted by Gasteiger charge is -1.97. The van der Waals surface area contributed by atoms with Gasteiger partial charge in [0.1, 0.15) is 5.52 Å². The van der Waals surface area contributed by atoms with Gasteiger partial charge in [0, 0.05) is 6.20 Å². The number of fused-ring (bicyclic) bond motifs is 3. The molecule has 16 heavy (non-hydrogen) atoms. The van der Waals surface area contributed by atoms with E-state index in [0.717, 1.165) is 5.52 Å². The van der Waals surface area contributed by atoms with Gasteiger partial charge in [-0.3, -0.25) is 4.40 Å². The maximum Gasteiger partial charge on any atom is 0.356 e. The summed E-state index contributed by atoms with van der Waals surface area (Å²) in [7, 11) is 0. The summed E-state index contributed by atoms with van der Waals surface area (Å²) in [5.41, 5.74) is 1.45. The number of hydrogen-bond acceptors (Lipinski definition) is 4. The molecule has 0 aliphatic carbocycles. The number of benzene rings is 1. The molecule has 6 nitrogen and oxygen atoms in total. The van der Waals surface area contributed by atoms with Crippen molar-refractivity contribution in [1.82, 2.24) is 19.6 Å². The first-order valence-corrected chi connectivity index (χ1v) is 4.59. The van der Waals surface area contributed by atoms with E-state index in [1.54, 1.807) is 4.40 Å². The van der Waals surface area contributed by atoms with E-state index < -0.39 is 5.97 Å². The zero-order valence-corrected chi connectivity index (χ0v) is 8.03. The molecular weight excluding hydrogens is 208 g/mol. The maximum absolute atomic E-state index is 10.8. The topological polar surface area (TPSA) is 80.4 Å². The molecule has 2 heterocycles. The van der Waals surface area contributed by atoms with Gasteiger partial charge in [-0.1, -0.05) is 12.1 Å². The molecule has 2 aromatic heterocycles. The molecule has 3 aromatic rings. The van der Waals surface area contributed by atoms with Gasteiger partial charge >= 0.3 is 5.97 Å². The van der Waals surface area contributed by atoms with Crippen molar-refractivity contribution in [2.75, 3.05) is 0 Å². The molecule has 0 unspecified atom stereocenters.